The average molecular weight is 315 g/mol. The van der Waals surface area contributed by atoms with E-state index >= 15 is 0 Å². The third-order valence-corrected chi connectivity index (χ3v) is 3.71. The second-order valence-electron chi connectivity index (χ2n) is 5.75. The van der Waals surface area contributed by atoms with Crippen molar-refractivity contribution in [1.82, 2.24) is 4.90 Å². The van der Waals surface area contributed by atoms with Crippen molar-refractivity contribution in [3.63, 3.8) is 0 Å². The summed E-state index contributed by atoms with van der Waals surface area (Å²) >= 11 is 0. The molecule has 0 bridgehead atoms. The molecule has 2 rings (SSSR count). The van der Waals surface area contributed by atoms with Crippen LogP contribution in [0.5, 0.6) is 5.75 Å². The Bertz CT molecular complexity index is 656. The zero-order chi connectivity index (χ0) is 16.8. The summed E-state index contributed by atoms with van der Waals surface area (Å²) in [5.41, 5.74) is 1.72. The van der Waals surface area contributed by atoms with Gasteiger partial charge in [-0.05, 0) is 37.1 Å². The maximum Gasteiger partial charge on any atom is 0.227 e. The lowest BCUT2D eigenvalue weighted by atomic mass is 10.1. The summed E-state index contributed by atoms with van der Waals surface area (Å²) in [7, 11) is 1.42. The van der Waals surface area contributed by atoms with Gasteiger partial charge < -0.3 is 9.64 Å². The molecule has 0 aromatic heterocycles. The van der Waals surface area contributed by atoms with E-state index in [-0.39, 0.29) is 24.1 Å². The zero-order valence-corrected chi connectivity index (χ0v) is 13.8. The van der Waals surface area contributed by atoms with Crippen LogP contribution in [0, 0.1) is 5.82 Å². The fraction of sp³-hybridized carbons (Fsp3) is 0.316. The van der Waals surface area contributed by atoms with E-state index in [1.807, 2.05) is 44.2 Å². The van der Waals surface area contributed by atoms with E-state index < -0.39 is 5.82 Å². The predicted octanol–water partition coefficient (Wildman–Crippen LogP) is 3.81. The van der Waals surface area contributed by atoms with Crippen molar-refractivity contribution < 1.29 is 13.9 Å². The highest BCUT2D eigenvalue weighted by molar-refractivity contribution is 5.79. The molecular formula is C19H22FNO2. The monoisotopic (exact) mass is 315 g/mol. The largest absolute Gasteiger partial charge is 0.494 e. The maximum absolute atomic E-state index is 13.8. The van der Waals surface area contributed by atoms with Gasteiger partial charge in [0.05, 0.1) is 13.5 Å². The number of rotatable bonds is 6. The van der Waals surface area contributed by atoms with Crippen LogP contribution in [-0.2, 0) is 17.8 Å². The smallest absolute Gasteiger partial charge is 0.227 e. The first kappa shape index (κ1) is 17.0. The number of benzene rings is 2. The SMILES string of the molecule is COc1ccc(CC(=O)N(Cc2ccccc2)C(C)C)cc1F. The third-order valence-electron chi connectivity index (χ3n) is 3.71. The lowest BCUT2D eigenvalue weighted by Crippen LogP contribution is -2.37. The standard InChI is InChI=1S/C19H22FNO2/c1-14(2)21(13-15-7-5-4-6-8-15)19(22)12-16-9-10-18(23-3)17(20)11-16/h4-11,14H,12-13H2,1-3H3. The molecule has 0 aliphatic carbocycles. The molecule has 0 atom stereocenters. The van der Waals surface area contributed by atoms with Gasteiger partial charge in [0.1, 0.15) is 0 Å². The molecule has 0 aliphatic heterocycles. The fourth-order valence-electron chi connectivity index (χ4n) is 2.43. The molecule has 0 radical (unpaired) electrons. The minimum Gasteiger partial charge on any atom is -0.494 e. The average Bonchev–Trinajstić information content (AvgIpc) is 2.53. The Balaban J connectivity index is 2.11. The second-order valence-corrected chi connectivity index (χ2v) is 5.75. The van der Waals surface area contributed by atoms with Gasteiger partial charge in [-0.3, -0.25) is 4.79 Å². The van der Waals surface area contributed by atoms with Gasteiger partial charge >= 0.3 is 0 Å². The van der Waals surface area contributed by atoms with E-state index in [4.69, 9.17) is 4.74 Å². The molecule has 2 aromatic rings. The molecule has 0 unspecified atom stereocenters. The number of carbonyl (C=O) groups is 1. The molecule has 2 aromatic carbocycles. The van der Waals surface area contributed by atoms with Crippen LogP contribution in [0.1, 0.15) is 25.0 Å². The number of carbonyl (C=O) groups excluding carboxylic acids is 1. The molecule has 0 fully saturated rings. The summed E-state index contributed by atoms with van der Waals surface area (Å²) in [4.78, 5) is 14.4. The van der Waals surface area contributed by atoms with Crippen molar-refractivity contribution in [1.29, 1.82) is 0 Å². The maximum atomic E-state index is 13.8. The number of methoxy groups -OCH3 is 1. The van der Waals surface area contributed by atoms with E-state index in [0.717, 1.165) is 5.56 Å². The van der Waals surface area contributed by atoms with Crippen LogP contribution in [-0.4, -0.2) is 24.0 Å². The van der Waals surface area contributed by atoms with Crippen molar-refractivity contribution in [2.75, 3.05) is 7.11 Å². The first-order chi connectivity index (χ1) is 11.0. The number of hydrogen-bond donors (Lipinski definition) is 0. The lowest BCUT2D eigenvalue weighted by Gasteiger charge is -2.27. The van der Waals surface area contributed by atoms with Crippen LogP contribution in [0.3, 0.4) is 0 Å². The van der Waals surface area contributed by atoms with Crippen molar-refractivity contribution in [2.45, 2.75) is 32.9 Å². The number of nitrogens with zero attached hydrogens (tertiary/aromatic N) is 1. The Kier molecular flexibility index (Phi) is 5.74. The molecule has 0 saturated carbocycles. The van der Waals surface area contributed by atoms with Crippen molar-refractivity contribution >= 4 is 5.91 Å². The number of amides is 1. The molecule has 0 saturated heterocycles. The first-order valence-electron chi connectivity index (χ1n) is 7.67. The minimum atomic E-state index is -0.447. The van der Waals surface area contributed by atoms with Gasteiger partial charge in [-0.2, -0.15) is 0 Å². The Hall–Kier alpha value is -2.36. The summed E-state index contributed by atoms with van der Waals surface area (Å²) in [6.45, 7) is 4.51. The minimum absolute atomic E-state index is 0.0200. The molecule has 0 spiro atoms. The van der Waals surface area contributed by atoms with Crippen LogP contribution in [0.25, 0.3) is 0 Å². The summed E-state index contributed by atoms with van der Waals surface area (Å²) in [6.07, 6.45) is 0.173. The Morgan fingerprint density at radius 1 is 1.13 bits per heavy atom. The quantitative estimate of drug-likeness (QED) is 0.811. The normalized spacial score (nSPS) is 10.7. The zero-order valence-electron chi connectivity index (χ0n) is 13.8. The fourth-order valence-corrected chi connectivity index (χ4v) is 2.43. The second kappa shape index (κ2) is 7.77. The van der Waals surface area contributed by atoms with E-state index in [1.54, 1.807) is 17.0 Å². The molecule has 4 heteroatoms. The van der Waals surface area contributed by atoms with Crippen LogP contribution < -0.4 is 4.74 Å². The van der Waals surface area contributed by atoms with Crippen LogP contribution in [0.2, 0.25) is 0 Å². The molecule has 0 aliphatic rings. The molecule has 0 heterocycles. The summed E-state index contributed by atoms with van der Waals surface area (Å²) in [6, 6.07) is 14.6. The van der Waals surface area contributed by atoms with Gasteiger partial charge in [-0.25, -0.2) is 4.39 Å². The van der Waals surface area contributed by atoms with Gasteiger partial charge in [-0.1, -0.05) is 36.4 Å². The van der Waals surface area contributed by atoms with Crippen molar-refractivity contribution in [2.24, 2.45) is 0 Å². The molecule has 23 heavy (non-hydrogen) atoms. The molecule has 0 N–H and O–H groups in total. The Morgan fingerprint density at radius 2 is 1.83 bits per heavy atom. The van der Waals surface area contributed by atoms with Gasteiger partial charge in [0.2, 0.25) is 5.91 Å². The third kappa shape index (κ3) is 4.55. The lowest BCUT2D eigenvalue weighted by molar-refractivity contribution is -0.132. The molecule has 1 amide bonds. The number of halogens is 1. The molecular weight excluding hydrogens is 293 g/mol. The molecule has 3 nitrogen and oxygen atoms in total. The van der Waals surface area contributed by atoms with Gasteiger partial charge in [0, 0.05) is 12.6 Å². The number of hydrogen-bond acceptors (Lipinski definition) is 2. The Labute approximate surface area is 136 Å². The van der Waals surface area contributed by atoms with E-state index in [1.165, 1.54) is 13.2 Å². The van der Waals surface area contributed by atoms with Crippen LogP contribution in [0.15, 0.2) is 48.5 Å². The summed E-state index contributed by atoms with van der Waals surface area (Å²) < 4.78 is 18.7. The summed E-state index contributed by atoms with van der Waals surface area (Å²) in [5, 5.41) is 0. The van der Waals surface area contributed by atoms with Crippen molar-refractivity contribution in [3.05, 3.63) is 65.5 Å². The first-order valence-corrected chi connectivity index (χ1v) is 7.67. The van der Waals surface area contributed by atoms with Gasteiger partial charge in [-0.15, -0.1) is 0 Å². The summed E-state index contributed by atoms with van der Waals surface area (Å²) in [5.74, 6) is -0.281. The predicted molar refractivity (Wildman–Crippen MR) is 88.8 cm³/mol. The van der Waals surface area contributed by atoms with E-state index in [2.05, 4.69) is 0 Å². The van der Waals surface area contributed by atoms with Crippen LogP contribution >= 0.6 is 0 Å². The number of ether oxygens (including phenoxy) is 1. The van der Waals surface area contributed by atoms with E-state index in [0.29, 0.717) is 12.1 Å². The highest BCUT2D eigenvalue weighted by Crippen LogP contribution is 2.19. The van der Waals surface area contributed by atoms with Gasteiger partial charge in [0.15, 0.2) is 11.6 Å². The Morgan fingerprint density at radius 3 is 2.39 bits per heavy atom. The highest BCUT2D eigenvalue weighted by Gasteiger charge is 2.18. The van der Waals surface area contributed by atoms with Gasteiger partial charge in [0.25, 0.3) is 0 Å². The topological polar surface area (TPSA) is 29.5 Å². The van der Waals surface area contributed by atoms with Crippen molar-refractivity contribution in [3.8, 4) is 5.75 Å². The van der Waals surface area contributed by atoms with E-state index in [9.17, 15) is 9.18 Å². The van der Waals surface area contributed by atoms with Crippen LogP contribution in [0.4, 0.5) is 4.39 Å². The molecule has 122 valence electrons. The highest BCUT2D eigenvalue weighted by atomic mass is 19.1.